The number of rotatable bonds is 6. The second kappa shape index (κ2) is 6.84. The molecule has 3 aromatic rings. The van der Waals surface area contributed by atoms with Crippen LogP contribution in [0.5, 0.6) is 0 Å². The van der Waals surface area contributed by atoms with E-state index in [0.717, 1.165) is 29.4 Å². The molecule has 0 saturated carbocycles. The minimum absolute atomic E-state index is 0.188. The molecule has 7 heteroatoms. The van der Waals surface area contributed by atoms with Crippen molar-refractivity contribution in [2.24, 2.45) is 0 Å². The maximum atomic E-state index is 12.8. The summed E-state index contributed by atoms with van der Waals surface area (Å²) in [5.74, 6) is 0. The summed E-state index contributed by atoms with van der Waals surface area (Å²) >= 11 is 0. The molecule has 2 aromatic heterocycles. The Kier molecular flexibility index (Phi) is 4.76. The first-order valence-corrected chi connectivity index (χ1v) is 9.84. The summed E-state index contributed by atoms with van der Waals surface area (Å²) in [7, 11) is -3.66. The summed E-state index contributed by atoms with van der Waals surface area (Å²) in [6.45, 7) is 6.08. The van der Waals surface area contributed by atoms with E-state index in [1.165, 1.54) is 6.20 Å². The predicted molar refractivity (Wildman–Crippen MR) is 99.2 cm³/mol. The quantitative estimate of drug-likeness (QED) is 0.728. The Morgan fingerprint density at radius 2 is 1.96 bits per heavy atom. The van der Waals surface area contributed by atoms with Crippen molar-refractivity contribution in [3.63, 3.8) is 0 Å². The van der Waals surface area contributed by atoms with E-state index in [1.54, 1.807) is 24.4 Å². The maximum absolute atomic E-state index is 12.8. The molecule has 1 aromatic carbocycles. The third-order valence-electron chi connectivity index (χ3n) is 3.96. The number of anilines is 1. The molecule has 0 spiro atoms. The van der Waals surface area contributed by atoms with Crippen LogP contribution in [0, 0.1) is 0 Å². The lowest BCUT2D eigenvalue weighted by molar-refractivity contribution is 0.546. The number of aromatic nitrogens is 3. The molecule has 1 N–H and O–H groups in total. The molecule has 25 heavy (non-hydrogen) atoms. The molecule has 0 aliphatic carbocycles. The molecule has 3 rings (SSSR count). The van der Waals surface area contributed by atoms with Gasteiger partial charge in [0.2, 0.25) is 0 Å². The lowest BCUT2D eigenvalue weighted by atomic mass is 10.1. The highest BCUT2D eigenvalue weighted by Crippen LogP contribution is 2.23. The second-order valence-corrected chi connectivity index (χ2v) is 7.93. The molecular weight excluding hydrogens is 336 g/mol. The van der Waals surface area contributed by atoms with E-state index < -0.39 is 10.0 Å². The van der Waals surface area contributed by atoms with Gasteiger partial charge in [0.1, 0.15) is 0 Å². The van der Waals surface area contributed by atoms with Crippen LogP contribution >= 0.6 is 0 Å². The number of aryl methyl sites for hydroxylation is 1. The summed E-state index contributed by atoms with van der Waals surface area (Å²) in [6.07, 6.45) is 4.83. The fourth-order valence-electron chi connectivity index (χ4n) is 2.83. The fourth-order valence-corrected chi connectivity index (χ4v) is 4.13. The number of hydrogen-bond acceptors (Lipinski definition) is 4. The van der Waals surface area contributed by atoms with Gasteiger partial charge in [-0.15, -0.1) is 0 Å². The summed E-state index contributed by atoms with van der Waals surface area (Å²) in [5, 5.41) is 5.11. The first-order chi connectivity index (χ1) is 11.9. The van der Waals surface area contributed by atoms with E-state index in [9.17, 15) is 8.42 Å². The van der Waals surface area contributed by atoms with Crippen molar-refractivity contribution in [2.45, 2.75) is 44.6 Å². The number of pyridine rings is 1. The van der Waals surface area contributed by atoms with E-state index in [2.05, 4.69) is 14.8 Å². The summed E-state index contributed by atoms with van der Waals surface area (Å²) in [6, 6.07) is 9.03. The van der Waals surface area contributed by atoms with E-state index in [4.69, 9.17) is 0 Å². The van der Waals surface area contributed by atoms with Crippen LogP contribution in [-0.2, 0) is 16.4 Å². The van der Waals surface area contributed by atoms with E-state index >= 15 is 0 Å². The number of nitrogens with one attached hydrogen (secondary N) is 1. The molecule has 2 heterocycles. The molecule has 0 radical (unpaired) electrons. The smallest absolute Gasteiger partial charge is 0.262 e. The number of hydrogen-bond donors (Lipinski definition) is 1. The minimum Gasteiger partial charge on any atom is -0.278 e. The highest BCUT2D eigenvalue weighted by molar-refractivity contribution is 7.92. The Balaban J connectivity index is 1.95. The highest BCUT2D eigenvalue weighted by atomic mass is 32.2. The number of benzene rings is 1. The van der Waals surface area contributed by atoms with Crippen LogP contribution in [0.25, 0.3) is 11.0 Å². The fraction of sp³-hybridized carbons (Fsp3) is 0.333. The van der Waals surface area contributed by atoms with Crippen molar-refractivity contribution < 1.29 is 8.42 Å². The van der Waals surface area contributed by atoms with Crippen LogP contribution in [0.3, 0.4) is 0 Å². The van der Waals surface area contributed by atoms with Crippen molar-refractivity contribution in [2.75, 3.05) is 4.72 Å². The van der Waals surface area contributed by atoms with Gasteiger partial charge in [-0.05, 0) is 38.0 Å². The van der Waals surface area contributed by atoms with Crippen LogP contribution in [0.2, 0.25) is 0 Å². The third-order valence-corrected chi connectivity index (χ3v) is 5.44. The van der Waals surface area contributed by atoms with Crippen molar-refractivity contribution >= 4 is 26.7 Å². The molecule has 132 valence electrons. The van der Waals surface area contributed by atoms with Crippen LogP contribution < -0.4 is 4.72 Å². The average Bonchev–Trinajstić information content (AvgIpc) is 2.98. The van der Waals surface area contributed by atoms with Gasteiger partial charge in [0.25, 0.3) is 10.0 Å². The standard InChI is InChI=1S/C18H22N4O2S/c1-4-7-14-8-5-6-9-17(14)25(23,24)21-16-10-15-11-20-22(13(2)3)18(15)19-12-16/h5-6,8-13,21H,4,7H2,1-3H3. The van der Waals surface area contributed by atoms with Gasteiger partial charge in [-0.25, -0.2) is 18.1 Å². The van der Waals surface area contributed by atoms with E-state index in [-0.39, 0.29) is 6.04 Å². The maximum Gasteiger partial charge on any atom is 0.262 e. The van der Waals surface area contributed by atoms with Gasteiger partial charge in [-0.2, -0.15) is 5.10 Å². The van der Waals surface area contributed by atoms with Crippen molar-refractivity contribution in [3.8, 4) is 0 Å². The van der Waals surface area contributed by atoms with Crippen LogP contribution in [0.15, 0.2) is 47.6 Å². The lowest BCUT2D eigenvalue weighted by Crippen LogP contribution is -2.15. The lowest BCUT2D eigenvalue weighted by Gasteiger charge is -2.12. The number of sulfonamides is 1. The minimum atomic E-state index is -3.66. The molecule has 6 nitrogen and oxygen atoms in total. The van der Waals surface area contributed by atoms with Crippen molar-refractivity contribution in [1.29, 1.82) is 0 Å². The molecule has 0 bridgehead atoms. The number of fused-ring (bicyclic) bond motifs is 1. The van der Waals surface area contributed by atoms with Gasteiger partial charge in [-0.3, -0.25) is 4.72 Å². The molecule has 0 amide bonds. The van der Waals surface area contributed by atoms with Crippen LogP contribution in [-0.4, -0.2) is 23.2 Å². The van der Waals surface area contributed by atoms with Crippen molar-refractivity contribution in [1.82, 2.24) is 14.8 Å². The Morgan fingerprint density at radius 1 is 1.20 bits per heavy atom. The van der Waals surface area contributed by atoms with Gasteiger partial charge < -0.3 is 0 Å². The van der Waals surface area contributed by atoms with Gasteiger partial charge in [0.15, 0.2) is 5.65 Å². The van der Waals surface area contributed by atoms with Crippen LogP contribution in [0.1, 0.15) is 38.8 Å². The molecule has 0 aliphatic heterocycles. The van der Waals surface area contributed by atoms with E-state index in [0.29, 0.717) is 10.6 Å². The Labute approximate surface area is 147 Å². The molecular formula is C18H22N4O2S. The van der Waals surface area contributed by atoms with Crippen LogP contribution in [0.4, 0.5) is 5.69 Å². The highest BCUT2D eigenvalue weighted by Gasteiger charge is 2.18. The van der Waals surface area contributed by atoms with Crippen molar-refractivity contribution in [3.05, 3.63) is 48.3 Å². The first kappa shape index (κ1) is 17.4. The zero-order valence-electron chi connectivity index (χ0n) is 14.6. The molecule has 0 fully saturated rings. The normalized spacial score (nSPS) is 12.0. The predicted octanol–water partition coefficient (Wildman–Crippen LogP) is 3.77. The molecule has 0 aliphatic rings. The summed E-state index contributed by atoms with van der Waals surface area (Å²) < 4.78 is 30.0. The first-order valence-electron chi connectivity index (χ1n) is 8.36. The zero-order chi connectivity index (χ0) is 18.0. The molecule has 0 unspecified atom stereocenters. The third kappa shape index (κ3) is 3.51. The summed E-state index contributed by atoms with van der Waals surface area (Å²) in [5.41, 5.74) is 1.99. The van der Waals surface area contributed by atoms with E-state index in [1.807, 2.05) is 37.6 Å². The van der Waals surface area contributed by atoms with Gasteiger partial charge >= 0.3 is 0 Å². The van der Waals surface area contributed by atoms with Gasteiger partial charge in [-0.1, -0.05) is 31.5 Å². The Hall–Kier alpha value is -2.41. The SMILES string of the molecule is CCCc1ccccc1S(=O)(=O)Nc1cnc2c(cnn2C(C)C)c1. The average molecular weight is 358 g/mol. The Bertz CT molecular complexity index is 993. The Morgan fingerprint density at radius 3 is 2.68 bits per heavy atom. The van der Waals surface area contributed by atoms with Gasteiger partial charge in [0, 0.05) is 11.4 Å². The topological polar surface area (TPSA) is 76.9 Å². The number of nitrogens with zero attached hydrogens (tertiary/aromatic N) is 3. The summed E-state index contributed by atoms with van der Waals surface area (Å²) in [4.78, 5) is 4.69. The zero-order valence-corrected chi connectivity index (χ0v) is 15.4. The van der Waals surface area contributed by atoms with Gasteiger partial charge in [0.05, 0.1) is 23.0 Å². The molecule has 0 atom stereocenters. The largest absolute Gasteiger partial charge is 0.278 e. The molecule has 0 saturated heterocycles. The monoisotopic (exact) mass is 358 g/mol. The second-order valence-electron chi connectivity index (χ2n) is 6.28.